The summed E-state index contributed by atoms with van der Waals surface area (Å²) in [5.74, 6) is -2.42. The van der Waals surface area contributed by atoms with Crippen LogP contribution in [0.15, 0.2) is 24.2 Å². The molecule has 1 heterocycles. The summed E-state index contributed by atoms with van der Waals surface area (Å²) in [6.07, 6.45) is 0. The Morgan fingerprint density at radius 3 is 2.85 bits per heavy atom. The number of hydrogen-bond donors (Lipinski definition) is 0. The molecule has 0 aliphatic carbocycles. The number of ketones is 1. The van der Waals surface area contributed by atoms with Crippen LogP contribution in [0, 0.1) is 0 Å². The van der Waals surface area contributed by atoms with Crippen LogP contribution in [0.1, 0.15) is 15.8 Å². The van der Waals surface area contributed by atoms with E-state index in [2.05, 4.69) is 4.18 Å². The Morgan fingerprint density at radius 2 is 2.08 bits per heavy atom. The summed E-state index contributed by atoms with van der Waals surface area (Å²) >= 11 is 0. The summed E-state index contributed by atoms with van der Waals surface area (Å²) in [6.45, 7) is 0. The number of benzene rings is 1. The molecule has 1 aromatic rings. The molecular weight excluding hydrogens is 192 g/mol. The van der Waals surface area contributed by atoms with Gasteiger partial charge in [-0.15, -0.1) is 0 Å². The molecule has 1 aromatic carbocycles. The van der Waals surface area contributed by atoms with Gasteiger partial charge in [0.15, 0.2) is 11.5 Å². The average molecular weight is 202 g/mol. The van der Waals surface area contributed by atoms with Gasteiger partial charge in [0.1, 0.15) is 5.75 Å². The first-order chi connectivity index (χ1) is 7.74. The van der Waals surface area contributed by atoms with Crippen LogP contribution in [0.4, 0.5) is 0 Å². The molecule has 0 N–H and O–H groups in total. The first-order valence-corrected chi connectivity index (χ1v) is 4.88. The van der Waals surface area contributed by atoms with Crippen molar-refractivity contribution in [2.75, 3.05) is 5.75 Å². The van der Waals surface area contributed by atoms with Gasteiger partial charge >= 0.3 is 10.1 Å². The summed E-state index contributed by atoms with van der Waals surface area (Å²) in [5.41, 5.74) is -0.411. The van der Waals surface area contributed by atoms with E-state index < -0.39 is 57.1 Å². The molecular formula is C8H6O4S. The molecule has 0 fully saturated rings. The number of rotatable bonds is 0. The van der Waals surface area contributed by atoms with Crippen LogP contribution in [0.25, 0.3) is 0 Å². The highest BCUT2D eigenvalue weighted by Gasteiger charge is 2.28. The van der Waals surface area contributed by atoms with Gasteiger partial charge in [-0.25, -0.2) is 0 Å². The third-order valence-corrected chi connectivity index (χ3v) is 2.49. The molecule has 0 unspecified atom stereocenters. The predicted molar refractivity (Wildman–Crippen MR) is 45.2 cm³/mol. The largest absolute Gasteiger partial charge is 0.381 e. The van der Waals surface area contributed by atoms with E-state index in [-0.39, 0.29) is 0 Å². The Kier molecular flexibility index (Phi) is 0.938. The smallest absolute Gasteiger partial charge is 0.316 e. The van der Waals surface area contributed by atoms with E-state index in [1.54, 1.807) is 0 Å². The van der Waals surface area contributed by atoms with Gasteiger partial charge in [0.2, 0.25) is 0 Å². The Labute approximate surface area is 80.9 Å². The number of carbonyl (C=O) groups excluding carboxylic acids is 1. The minimum atomic E-state index is -4.11. The van der Waals surface area contributed by atoms with Crippen LogP contribution in [-0.4, -0.2) is 20.0 Å². The van der Waals surface area contributed by atoms with Crippen molar-refractivity contribution in [3.8, 4) is 5.75 Å². The lowest BCUT2D eigenvalue weighted by Crippen LogP contribution is -2.26. The van der Waals surface area contributed by atoms with Gasteiger partial charge in [-0.3, -0.25) is 4.79 Å². The van der Waals surface area contributed by atoms with E-state index in [0.29, 0.717) is 0 Å². The summed E-state index contributed by atoms with van der Waals surface area (Å²) in [4.78, 5) is 11.5. The second-order valence-corrected chi connectivity index (χ2v) is 3.98. The summed E-state index contributed by atoms with van der Waals surface area (Å²) in [6, 6.07) is -2.48. The number of para-hydroxylation sites is 1. The number of Topliss-reactive ketones (excluding diaryl/α,β-unsaturated/α-hetero) is 1. The Morgan fingerprint density at radius 1 is 1.38 bits per heavy atom. The zero-order valence-corrected chi connectivity index (χ0v) is 7.06. The van der Waals surface area contributed by atoms with E-state index >= 15 is 0 Å². The Hall–Kier alpha value is -1.36. The standard InChI is InChI=1S/C8H6O4S/c9-7-5-13(10,11)12-8-4-2-1-3-6(7)8/h1-4H,5H2/i1D,2D,3D,4D. The summed E-state index contributed by atoms with van der Waals surface area (Å²) in [7, 11) is -4.11. The lowest BCUT2D eigenvalue weighted by Gasteiger charge is -2.14. The molecule has 0 saturated carbocycles. The quantitative estimate of drug-likeness (QED) is 0.578. The highest BCUT2D eigenvalue weighted by molar-refractivity contribution is 7.88. The first-order valence-electron chi connectivity index (χ1n) is 5.30. The number of hydrogen-bond acceptors (Lipinski definition) is 4. The molecule has 4 nitrogen and oxygen atoms in total. The van der Waals surface area contributed by atoms with Gasteiger partial charge in [-0.05, 0) is 12.1 Å². The first kappa shape index (κ1) is 4.76. The second kappa shape index (κ2) is 2.56. The van der Waals surface area contributed by atoms with Crippen molar-refractivity contribution in [1.29, 1.82) is 0 Å². The molecule has 0 aromatic heterocycles. The molecule has 13 heavy (non-hydrogen) atoms. The van der Waals surface area contributed by atoms with Crippen LogP contribution in [-0.2, 0) is 10.1 Å². The third kappa shape index (κ3) is 1.42. The van der Waals surface area contributed by atoms with Crippen LogP contribution in [0.3, 0.4) is 0 Å². The molecule has 0 amide bonds. The zero-order chi connectivity index (χ0) is 13.0. The maximum Gasteiger partial charge on any atom is 0.316 e. The van der Waals surface area contributed by atoms with Gasteiger partial charge in [-0.1, -0.05) is 12.1 Å². The van der Waals surface area contributed by atoms with Crippen molar-refractivity contribution in [2.45, 2.75) is 0 Å². The van der Waals surface area contributed by atoms with Crippen molar-refractivity contribution in [3.63, 3.8) is 0 Å². The van der Waals surface area contributed by atoms with Crippen molar-refractivity contribution in [1.82, 2.24) is 0 Å². The molecule has 0 saturated heterocycles. The molecule has 1 aliphatic rings. The molecule has 0 atom stereocenters. The minimum Gasteiger partial charge on any atom is -0.381 e. The highest BCUT2D eigenvalue weighted by atomic mass is 32.2. The van der Waals surface area contributed by atoms with Crippen molar-refractivity contribution in [3.05, 3.63) is 29.7 Å². The normalized spacial score (nSPS) is 23.2. The predicted octanol–water partition coefficient (Wildman–Crippen LogP) is 0.592. The second-order valence-electron chi connectivity index (χ2n) is 2.41. The number of carbonyl (C=O) groups is 1. The minimum absolute atomic E-state index is 0.411. The van der Waals surface area contributed by atoms with Gasteiger partial charge in [0, 0.05) is 0 Å². The lowest BCUT2D eigenvalue weighted by atomic mass is 10.1. The van der Waals surface area contributed by atoms with Crippen LogP contribution >= 0.6 is 0 Å². The fraction of sp³-hybridized carbons (Fsp3) is 0.125. The van der Waals surface area contributed by atoms with E-state index in [0.717, 1.165) is 0 Å². The van der Waals surface area contributed by atoms with E-state index in [1.165, 1.54) is 0 Å². The molecule has 5 heteroatoms. The van der Waals surface area contributed by atoms with Crippen LogP contribution < -0.4 is 4.18 Å². The topological polar surface area (TPSA) is 60.4 Å². The Balaban J connectivity index is 2.86. The van der Waals surface area contributed by atoms with Crippen LogP contribution in [0.5, 0.6) is 5.75 Å². The fourth-order valence-electron chi connectivity index (χ4n) is 0.949. The summed E-state index contributed by atoms with van der Waals surface area (Å²) in [5, 5.41) is 0. The lowest BCUT2D eigenvalue weighted by molar-refractivity contribution is 0.101. The zero-order valence-electron chi connectivity index (χ0n) is 10.2. The summed E-state index contributed by atoms with van der Waals surface area (Å²) < 4.78 is 56.5. The molecule has 1 aliphatic heterocycles. The van der Waals surface area contributed by atoms with Crippen molar-refractivity contribution < 1.29 is 22.9 Å². The van der Waals surface area contributed by atoms with Crippen molar-refractivity contribution >= 4 is 15.9 Å². The SMILES string of the molecule is [2H]c1c([2H])c([2H])c2c(c1[2H])OS(=O)(=O)CC2=O. The third-order valence-electron chi connectivity index (χ3n) is 1.45. The molecule has 0 bridgehead atoms. The monoisotopic (exact) mass is 202 g/mol. The maximum absolute atomic E-state index is 11.5. The van der Waals surface area contributed by atoms with E-state index in [1.807, 2.05) is 0 Å². The van der Waals surface area contributed by atoms with Gasteiger partial charge in [-0.2, -0.15) is 8.42 Å². The molecule has 0 radical (unpaired) electrons. The number of fused-ring (bicyclic) bond motifs is 1. The molecule has 0 spiro atoms. The average Bonchev–Trinajstić information content (AvgIpc) is 2.21. The van der Waals surface area contributed by atoms with Crippen LogP contribution in [0.2, 0.25) is 0 Å². The Bertz CT molecular complexity index is 638. The van der Waals surface area contributed by atoms with Gasteiger partial charge < -0.3 is 4.18 Å². The molecule has 68 valence electrons. The maximum atomic E-state index is 11.5. The van der Waals surface area contributed by atoms with E-state index in [4.69, 9.17) is 5.48 Å². The van der Waals surface area contributed by atoms with Gasteiger partial charge in [0.25, 0.3) is 0 Å². The van der Waals surface area contributed by atoms with E-state index in [9.17, 15) is 13.2 Å². The highest BCUT2D eigenvalue weighted by Crippen LogP contribution is 2.25. The van der Waals surface area contributed by atoms with Crippen molar-refractivity contribution in [2.24, 2.45) is 0 Å². The fourth-order valence-corrected chi connectivity index (χ4v) is 1.85. The van der Waals surface area contributed by atoms with Gasteiger partial charge in [0.05, 0.1) is 11.0 Å². The molecule has 2 rings (SSSR count).